The first kappa shape index (κ1) is 21.3. The molecule has 1 spiro atoms. The Kier molecular flexibility index (Phi) is 5.44. The molecule has 0 radical (unpaired) electrons. The number of nitrogens with zero attached hydrogens (tertiary/aromatic N) is 1. The molecule has 5 heteroatoms. The van der Waals surface area contributed by atoms with Crippen LogP contribution in [0.5, 0.6) is 0 Å². The van der Waals surface area contributed by atoms with E-state index in [0.717, 1.165) is 22.5 Å². The highest BCUT2D eigenvalue weighted by atomic mass is 35.5. The number of rotatable bonds is 3. The lowest BCUT2D eigenvalue weighted by Crippen LogP contribution is -2.52. The average Bonchev–Trinajstić information content (AvgIpc) is 3.13. The first-order chi connectivity index (χ1) is 16.0. The number of carboxylic acids is 1. The van der Waals surface area contributed by atoms with Crippen molar-refractivity contribution >= 4 is 29.3 Å². The second-order valence-corrected chi connectivity index (χ2v) is 9.15. The Balaban J connectivity index is 1.48. The highest BCUT2D eigenvalue weighted by molar-refractivity contribution is 6.30. The highest BCUT2D eigenvalue weighted by Gasteiger charge is 2.51. The number of aliphatic carboxylic acids is 1. The standard InChI is InChI=1S/C28H23ClN2O2/c29-22-7-5-9-24(19-22)31-28(26(32)33)15-13-27(14-16-28)21(11-12-23-8-3-4-17-30-23)18-20-6-1-2-10-25(20)27/h1-10,17-19,31H,13-16H2,(H,32,33). The third-order valence-electron chi connectivity index (χ3n) is 6.86. The van der Waals surface area contributed by atoms with E-state index in [1.165, 1.54) is 5.56 Å². The van der Waals surface area contributed by atoms with Crippen molar-refractivity contribution in [2.24, 2.45) is 0 Å². The fraction of sp³-hybridized carbons (Fsp3) is 0.214. The van der Waals surface area contributed by atoms with Gasteiger partial charge in [-0.2, -0.15) is 0 Å². The number of halogens is 1. The normalized spacial score (nSPS) is 23.2. The highest BCUT2D eigenvalue weighted by Crippen LogP contribution is 2.53. The van der Waals surface area contributed by atoms with Crippen LogP contribution in [-0.2, 0) is 10.2 Å². The number of anilines is 1. The Morgan fingerprint density at radius 3 is 2.48 bits per heavy atom. The molecular weight excluding hydrogens is 432 g/mol. The molecule has 1 heterocycles. The van der Waals surface area contributed by atoms with Crippen LogP contribution in [-0.4, -0.2) is 21.6 Å². The topological polar surface area (TPSA) is 62.2 Å². The summed E-state index contributed by atoms with van der Waals surface area (Å²) in [7, 11) is 0. The molecule has 33 heavy (non-hydrogen) atoms. The van der Waals surface area contributed by atoms with E-state index in [9.17, 15) is 9.90 Å². The summed E-state index contributed by atoms with van der Waals surface area (Å²) in [6.45, 7) is 0. The predicted octanol–water partition coefficient (Wildman–Crippen LogP) is 5.93. The van der Waals surface area contributed by atoms with Gasteiger partial charge in [-0.25, -0.2) is 9.78 Å². The van der Waals surface area contributed by atoms with E-state index in [-0.39, 0.29) is 5.41 Å². The number of carboxylic acid groups (broad SMARTS) is 1. The van der Waals surface area contributed by atoms with Crippen molar-refractivity contribution in [2.75, 3.05) is 5.32 Å². The van der Waals surface area contributed by atoms with Crippen molar-refractivity contribution in [1.29, 1.82) is 0 Å². The van der Waals surface area contributed by atoms with Gasteiger partial charge in [-0.1, -0.05) is 53.9 Å². The van der Waals surface area contributed by atoms with Gasteiger partial charge in [-0.15, -0.1) is 0 Å². The maximum Gasteiger partial charge on any atom is 0.329 e. The number of hydrogen-bond acceptors (Lipinski definition) is 3. The average molecular weight is 455 g/mol. The van der Waals surface area contributed by atoms with Gasteiger partial charge >= 0.3 is 5.97 Å². The number of fused-ring (bicyclic) bond motifs is 2. The Labute approximate surface area is 198 Å². The van der Waals surface area contributed by atoms with Gasteiger partial charge in [0, 0.05) is 27.9 Å². The summed E-state index contributed by atoms with van der Waals surface area (Å²) in [6.07, 6.45) is 6.22. The van der Waals surface area contributed by atoms with Gasteiger partial charge in [-0.3, -0.25) is 0 Å². The van der Waals surface area contributed by atoms with Crippen molar-refractivity contribution in [3.05, 3.63) is 100 Å². The van der Waals surface area contributed by atoms with Crippen LogP contribution in [0.25, 0.3) is 6.08 Å². The summed E-state index contributed by atoms with van der Waals surface area (Å²) in [5.41, 5.74) is 3.54. The van der Waals surface area contributed by atoms with Crippen molar-refractivity contribution < 1.29 is 9.90 Å². The molecule has 2 aliphatic carbocycles. The minimum absolute atomic E-state index is 0.284. The van der Waals surface area contributed by atoms with Crippen LogP contribution in [0, 0.1) is 11.8 Å². The summed E-state index contributed by atoms with van der Waals surface area (Å²) in [4.78, 5) is 16.8. The first-order valence-electron chi connectivity index (χ1n) is 11.0. The molecular formula is C28H23ClN2O2. The van der Waals surface area contributed by atoms with Gasteiger partial charge in [0.2, 0.25) is 0 Å². The lowest BCUT2D eigenvalue weighted by Gasteiger charge is -2.44. The Morgan fingerprint density at radius 2 is 1.76 bits per heavy atom. The molecule has 2 aromatic carbocycles. The molecule has 0 saturated heterocycles. The molecule has 1 aromatic heterocycles. The van der Waals surface area contributed by atoms with E-state index in [0.29, 0.717) is 30.7 Å². The molecule has 2 aliphatic rings. The van der Waals surface area contributed by atoms with E-state index in [1.54, 1.807) is 18.3 Å². The zero-order chi connectivity index (χ0) is 22.9. The number of benzene rings is 2. The van der Waals surface area contributed by atoms with Gasteiger partial charge in [0.05, 0.1) is 0 Å². The quantitative estimate of drug-likeness (QED) is 0.481. The number of hydrogen-bond donors (Lipinski definition) is 2. The third-order valence-corrected chi connectivity index (χ3v) is 7.09. The van der Waals surface area contributed by atoms with Crippen LogP contribution < -0.4 is 5.32 Å². The van der Waals surface area contributed by atoms with E-state index >= 15 is 0 Å². The number of allylic oxidation sites excluding steroid dienone is 1. The van der Waals surface area contributed by atoms with Crippen LogP contribution >= 0.6 is 11.6 Å². The lowest BCUT2D eigenvalue weighted by molar-refractivity contribution is -0.143. The summed E-state index contributed by atoms with van der Waals surface area (Å²) in [5.74, 6) is 5.75. The van der Waals surface area contributed by atoms with Gasteiger partial charge in [-0.05, 0) is 79.1 Å². The third kappa shape index (κ3) is 3.90. The molecule has 0 atom stereocenters. The zero-order valence-electron chi connectivity index (χ0n) is 18.0. The van der Waals surface area contributed by atoms with E-state index in [4.69, 9.17) is 11.6 Å². The molecule has 0 bridgehead atoms. The summed E-state index contributed by atoms with van der Waals surface area (Å²) in [5, 5.41) is 14.1. The van der Waals surface area contributed by atoms with Crippen LogP contribution in [0.1, 0.15) is 42.5 Å². The van der Waals surface area contributed by atoms with Gasteiger partial charge in [0.1, 0.15) is 11.2 Å². The minimum atomic E-state index is -1.05. The maximum absolute atomic E-state index is 12.5. The van der Waals surface area contributed by atoms with E-state index < -0.39 is 11.5 Å². The molecule has 0 amide bonds. The summed E-state index contributed by atoms with van der Waals surface area (Å²) >= 11 is 6.13. The molecule has 2 N–H and O–H groups in total. The molecule has 1 saturated carbocycles. The number of pyridine rings is 1. The van der Waals surface area contributed by atoms with Crippen LogP contribution in [0.4, 0.5) is 5.69 Å². The Hall–Kier alpha value is -3.55. The molecule has 1 fully saturated rings. The molecule has 164 valence electrons. The van der Waals surface area contributed by atoms with Gasteiger partial charge in [0.25, 0.3) is 0 Å². The molecule has 4 nitrogen and oxygen atoms in total. The second kappa shape index (κ2) is 8.42. The maximum atomic E-state index is 12.5. The number of carbonyl (C=O) groups is 1. The SMILES string of the molecule is O=C(O)C1(Nc2cccc(Cl)c2)CCC2(CC1)C(C#Cc1ccccn1)=Cc1ccccc12. The van der Waals surface area contributed by atoms with Crippen molar-refractivity contribution in [3.63, 3.8) is 0 Å². The smallest absolute Gasteiger partial charge is 0.329 e. The lowest BCUT2D eigenvalue weighted by atomic mass is 9.62. The summed E-state index contributed by atoms with van der Waals surface area (Å²) < 4.78 is 0. The molecule has 0 unspecified atom stereocenters. The second-order valence-electron chi connectivity index (χ2n) is 8.71. The fourth-order valence-electron chi connectivity index (χ4n) is 5.10. The number of aromatic nitrogens is 1. The fourth-order valence-corrected chi connectivity index (χ4v) is 5.29. The summed E-state index contributed by atoms with van der Waals surface area (Å²) in [6, 6.07) is 21.3. The Morgan fingerprint density at radius 1 is 0.970 bits per heavy atom. The van der Waals surface area contributed by atoms with Crippen molar-refractivity contribution in [1.82, 2.24) is 4.98 Å². The van der Waals surface area contributed by atoms with Gasteiger partial charge < -0.3 is 10.4 Å². The van der Waals surface area contributed by atoms with Crippen LogP contribution in [0.15, 0.2) is 78.5 Å². The molecule has 0 aliphatic heterocycles. The van der Waals surface area contributed by atoms with Crippen molar-refractivity contribution in [2.45, 2.75) is 36.6 Å². The van der Waals surface area contributed by atoms with Crippen molar-refractivity contribution in [3.8, 4) is 11.8 Å². The predicted molar refractivity (Wildman–Crippen MR) is 131 cm³/mol. The molecule has 3 aromatic rings. The molecule has 5 rings (SSSR count). The largest absolute Gasteiger partial charge is 0.480 e. The zero-order valence-corrected chi connectivity index (χ0v) is 18.8. The van der Waals surface area contributed by atoms with E-state index in [2.05, 4.69) is 40.4 Å². The van der Waals surface area contributed by atoms with Crippen LogP contribution in [0.2, 0.25) is 5.02 Å². The Bertz CT molecular complexity index is 1300. The van der Waals surface area contributed by atoms with E-state index in [1.807, 2.05) is 42.5 Å². The minimum Gasteiger partial charge on any atom is -0.480 e. The van der Waals surface area contributed by atoms with Gasteiger partial charge in [0.15, 0.2) is 0 Å². The van der Waals surface area contributed by atoms with Crippen LogP contribution in [0.3, 0.4) is 0 Å². The number of nitrogens with one attached hydrogen (secondary N) is 1. The monoisotopic (exact) mass is 454 g/mol. The first-order valence-corrected chi connectivity index (χ1v) is 11.4.